The molecule has 1 aromatic carbocycles. The maximum Gasteiger partial charge on any atom is 0.144 e. The van der Waals surface area contributed by atoms with Crippen molar-refractivity contribution in [2.24, 2.45) is 0 Å². The third kappa shape index (κ3) is 3.57. The number of hydrogen-bond donors (Lipinski definition) is 1. The second kappa shape index (κ2) is 6.96. The first kappa shape index (κ1) is 15.9. The van der Waals surface area contributed by atoms with Gasteiger partial charge >= 0.3 is 0 Å². The van der Waals surface area contributed by atoms with Crippen LogP contribution in [-0.4, -0.2) is 22.9 Å². The Hall–Kier alpha value is -1.52. The highest BCUT2D eigenvalue weighted by Gasteiger charge is 2.13. The predicted octanol–water partition coefficient (Wildman–Crippen LogP) is 3.73. The maximum atomic E-state index is 6.10. The van der Waals surface area contributed by atoms with Crippen LogP contribution < -0.4 is 10.1 Å². The summed E-state index contributed by atoms with van der Waals surface area (Å²) in [5, 5.41) is 8.63. The van der Waals surface area contributed by atoms with Gasteiger partial charge in [0.15, 0.2) is 0 Å². The lowest BCUT2D eigenvalue weighted by Crippen LogP contribution is -2.24. The molecule has 0 saturated carbocycles. The number of hydrogen-bond acceptors (Lipinski definition) is 3. The zero-order chi connectivity index (χ0) is 15.4. The Kier molecular flexibility index (Phi) is 5.26. The number of rotatable bonds is 6. The van der Waals surface area contributed by atoms with Crippen LogP contribution in [0.15, 0.2) is 24.4 Å². The molecule has 0 bridgehead atoms. The molecule has 1 heterocycles. The van der Waals surface area contributed by atoms with E-state index in [9.17, 15) is 0 Å². The van der Waals surface area contributed by atoms with Crippen LogP contribution in [0.5, 0.6) is 5.75 Å². The summed E-state index contributed by atoms with van der Waals surface area (Å²) in [7, 11) is 1.65. The monoisotopic (exact) mass is 307 g/mol. The number of ether oxygens (including phenoxy) is 1. The van der Waals surface area contributed by atoms with E-state index < -0.39 is 0 Å². The quantitative estimate of drug-likeness (QED) is 0.884. The Morgan fingerprint density at radius 1 is 1.43 bits per heavy atom. The summed E-state index contributed by atoms with van der Waals surface area (Å²) in [6.45, 7) is 7.22. The molecule has 114 valence electrons. The normalized spacial score (nSPS) is 12.4. The van der Waals surface area contributed by atoms with Crippen molar-refractivity contribution in [1.82, 2.24) is 15.1 Å². The Labute approximate surface area is 131 Å². The molecule has 0 saturated heterocycles. The van der Waals surface area contributed by atoms with E-state index in [1.165, 1.54) is 5.56 Å². The van der Waals surface area contributed by atoms with Gasteiger partial charge in [-0.3, -0.25) is 0 Å². The van der Waals surface area contributed by atoms with Crippen molar-refractivity contribution in [3.8, 4) is 11.4 Å². The maximum absolute atomic E-state index is 6.10. The van der Waals surface area contributed by atoms with Gasteiger partial charge in [0.2, 0.25) is 0 Å². The van der Waals surface area contributed by atoms with Crippen molar-refractivity contribution in [2.75, 3.05) is 7.11 Å². The molecule has 21 heavy (non-hydrogen) atoms. The number of halogens is 1. The average molecular weight is 308 g/mol. The van der Waals surface area contributed by atoms with Crippen LogP contribution in [0.1, 0.15) is 31.5 Å². The molecule has 0 aliphatic heterocycles. The van der Waals surface area contributed by atoms with Gasteiger partial charge in [0.25, 0.3) is 0 Å². The van der Waals surface area contributed by atoms with Crippen LogP contribution in [0, 0.1) is 6.92 Å². The first-order valence-electron chi connectivity index (χ1n) is 7.17. The minimum absolute atomic E-state index is 0.494. The van der Waals surface area contributed by atoms with Gasteiger partial charge in [0.1, 0.15) is 11.4 Å². The smallest absolute Gasteiger partial charge is 0.144 e. The zero-order valence-corrected chi connectivity index (χ0v) is 13.7. The SMILES string of the molecule is CCC(C)NCc1cnn(-c2cc(Cl)ccc2OC)c1C. The largest absolute Gasteiger partial charge is 0.494 e. The van der Waals surface area contributed by atoms with Crippen molar-refractivity contribution in [3.05, 3.63) is 40.7 Å². The molecular formula is C16H22ClN3O. The Bertz CT molecular complexity index is 610. The van der Waals surface area contributed by atoms with Gasteiger partial charge in [0, 0.05) is 28.9 Å². The summed E-state index contributed by atoms with van der Waals surface area (Å²) < 4.78 is 7.27. The van der Waals surface area contributed by atoms with Crippen LogP contribution in [0.4, 0.5) is 0 Å². The van der Waals surface area contributed by atoms with Crippen molar-refractivity contribution in [3.63, 3.8) is 0 Å². The second-order valence-corrected chi connectivity index (χ2v) is 5.61. The highest BCUT2D eigenvalue weighted by Crippen LogP contribution is 2.27. The Morgan fingerprint density at radius 3 is 2.86 bits per heavy atom. The third-order valence-corrected chi connectivity index (χ3v) is 3.97. The zero-order valence-electron chi connectivity index (χ0n) is 13.0. The first-order chi connectivity index (χ1) is 10.1. The van der Waals surface area contributed by atoms with Gasteiger partial charge in [-0.25, -0.2) is 4.68 Å². The van der Waals surface area contributed by atoms with E-state index in [0.29, 0.717) is 11.1 Å². The molecule has 0 spiro atoms. The molecule has 1 aromatic heterocycles. The summed E-state index contributed by atoms with van der Waals surface area (Å²) in [6, 6.07) is 6.03. The van der Waals surface area contributed by atoms with Crippen molar-refractivity contribution in [2.45, 2.75) is 39.8 Å². The van der Waals surface area contributed by atoms with Gasteiger partial charge in [-0.05, 0) is 38.5 Å². The van der Waals surface area contributed by atoms with Crippen molar-refractivity contribution >= 4 is 11.6 Å². The van der Waals surface area contributed by atoms with Crippen LogP contribution >= 0.6 is 11.6 Å². The van der Waals surface area contributed by atoms with Crippen LogP contribution in [0.25, 0.3) is 5.69 Å². The van der Waals surface area contributed by atoms with E-state index >= 15 is 0 Å². The number of methoxy groups -OCH3 is 1. The van der Waals surface area contributed by atoms with Gasteiger partial charge < -0.3 is 10.1 Å². The Balaban J connectivity index is 2.30. The fourth-order valence-electron chi connectivity index (χ4n) is 2.12. The van der Waals surface area contributed by atoms with E-state index in [1.54, 1.807) is 7.11 Å². The molecule has 0 radical (unpaired) electrons. The fourth-order valence-corrected chi connectivity index (χ4v) is 2.28. The molecule has 2 aromatic rings. The number of aromatic nitrogens is 2. The topological polar surface area (TPSA) is 39.1 Å². The summed E-state index contributed by atoms with van der Waals surface area (Å²) in [6.07, 6.45) is 3.00. The number of benzene rings is 1. The average Bonchev–Trinajstić information content (AvgIpc) is 2.85. The predicted molar refractivity (Wildman–Crippen MR) is 86.5 cm³/mol. The van der Waals surface area contributed by atoms with Gasteiger partial charge in [-0.15, -0.1) is 0 Å². The molecular weight excluding hydrogens is 286 g/mol. The van der Waals surface area contributed by atoms with E-state index in [0.717, 1.165) is 30.1 Å². The van der Waals surface area contributed by atoms with E-state index in [-0.39, 0.29) is 0 Å². The lowest BCUT2D eigenvalue weighted by Gasteiger charge is -2.12. The van der Waals surface area contributed by atoms with Gasteiger partial charge in [-0.2, -0.15) is 5.10 Å². The molecule has 0 fully saturated rings. The van der Waals surface area contributed by atoms with Gasteiger partial charge in [0.05, 0.1) is 13.3 Å². The van der Waals surface area contributed by atoms with Crippen LogP contribution in [0.3, 0.4) is 0 Å². The van der Waals surface area contributed by atoms with Crippen molar-refractivity contribution < 1.29 is 4.74 Å². The van der Waals surface area contributed by atoms with E-state index in [2.05, 4.69) is 31.2 Å². The molecule has 5 heteroatoms. The number of nitrogens with one attached hydrogen (secondary N) is 1. The van der Waals surface area contributed by atoms with E-state index in [4.69, 9.17) is 16.3 Å². The highest BCUT2D eigenvalue weighted by molar-refractivity contribution is 6.30. The molecule has 0 aliphatic carbocycles. The molecule has 1 atom stereocenters. The van der Waals surface area contributed by atoms with Gasteiger partial charge in [-0.1, -0.05) is 18.5 Å². The van der Waals surface area contributed by atoms with E-state index in [1.807, 2.05) is 29.1 Å². The number of nitrogens with zero attached hydrogens (tertiary/aromatic N) is 2. The molecule has 1 N–H and O–H groups in total. The molecule has 0 amide bonds. The first-order valence-corrected chi connectivity index (χ1v) is 7.55. The second-order valence-electron chi connectivity index (χ2n) is 5.17. The third-order valence-electron chi connectivity index (χ3n) is 3.73. The molecule has 4 nitrogen and oxygen atoms in total. The summed E-state index contributed by atoms with van der Waals surface area (Å²) >= 11 is 6.10. The summed E-state index contributed by atoms with van der Waals surface area (Å²) in [4.78, 5) is 0. The molecule has 0 aliphatic rings. The van der Waals surface area contributed by atoms with Crippen LogP contribution in [-0.2, 0) is 6.54 Å². The Morgan fingerprint density at radius 2 is 2.19 bits per heavy atom. The fraction of sp³-hybridized carbons (Fsp3) is 0.438. The summed E-state index contributed by atoms with van der Waals surface area (Å²) in [5.74, 6) is 0.757. The molecule has 1 unspecified atom stereocenters. The minimum Gasteiger partial charge on any atom is -0.494 e. The lowest BCUT2D eigenvalue weighted by atomic mass is 10.2. The van der Waals surface area contributed by atoms with Crippen LogP contribution in [0.2, 0.25) is 5.02 Å². The minimum atomic E-state index is 0.494. The lowest BCUT2D eigenvalue weighted by molar-refractivity contribution is 0.411. The molecule has 2 rings (SSSR count). The summed E-state index contributed by atoms with van der Waals surface area (Å²) in [5.41, 5.74) is 3.13. The highest BCUT2D eigenvalue weighted by atomic mass is 35.5. The van der Waals surface area contributed by atoms with Crippen molar-refractivity contribution in [1.29, 1.82) is 0 Å². The standard InChI is InChI=1S/C16H22ClN3O/c1-5-11(2)18-9-13-10-19-20(12(13)3)15-8-14(17)6-7-16(15)21-4/h6-8,10-11,18H,5,9H2,1-4H3.